The highest BCUT2D eigenvalue weighted by atomic mass is 14.9. The number of hydrogen-bond donors (Lipinski definition) is 1. The Labute approximate surface area is 95.0 Å². The van der Waals surface area contributed by atoms with E-state index in [-0.39, 0.29) is 0 Å². The number of unbranched alkanes of at least 4 members (excludes halogenated alkanes) is 2. The molecule has 0 aliphatic heterocycles. The second-order valence-electron chi connectivity index (χ2n) is 4.93. The number of hydrogen-bond acceptors (Lipinski definition) is 1. The first kappa shape index (κ1) is 12.6. The van der Waals surface area contributed by atoms with Gasteiger partial charge in [0.1, 0.15) is 0 Å². The third kappa shape index (κ3) is 5.85. The average Bonchev–Trinajstić information content (AvgIpc) is 2.43. The lowest BCUT2D eigenvalue weighted by Crippen LogP contribution is -2.29. The molecule has 0 aromatic carbocycles. The van der Waals surface area contributed by atoms with Crippen LogP contribution in [0.4, 0.5) is 0 Å². The topological polar surface area (TPSA) is 12.0 Å². The van der Waals surface area contributed by atoms with Gasteiger partial charge in [-0.25, -0.2) is 0 Å². The van der Waals surface area contributed by atoms with E-state index in [0.29, 0.717) is 0 Å². The molecule has 0 spiro atoms. The lowest BCUT2D eigenvalue weighted by molar-refractivity contribution is 0.442. The van der Waals surface area contributed by atoms with E-state index in [1.165, 1.54) is 44.9 Å². The van der Waals surface area contributed by atoms with Crippen molar-refractivity contribution in [2.45, 2.75) is 64.3 Å². The number of nitrogens with one attached hydrogen (secondary N) is 1. The molecule has 1 saturated carbocycles. The Morgan fingerprint density at radius 3 is 2.87 bits per heavy atom. The molecule has 0 aromatic rings. The van der Waals surface area contributed by atoms with Crippen molar-refractivity contribution in [1.29, 1.82) is 0 Å². The fourth-order valence-corrected chi connectivity index (χ4v) is 2.35. The van der Waals surface area contributed by atoms with E-state index >= 15 is 0 Å². The second-order valence-corrected chi connectivity index (χ2v) is 4.93. The van der Waals surface area contributed by atoms with Crippen molar-refractivity contribution >= 4 is 0 Å². The van der Waals surface area contributed by atoms with Crippen molar-refractivity contribution in [3.05, 3.63) is 0 Å². The fraction of sp³-hybridized carbons (Fsp3) is 0.857. The SMILES string of the molecule is C#CCCCCNC1CCCC(C)CC1. The first-order valence-corrected chi connectivity index (χ1v) is 6.49. The van der Waals surface area contributed by atoms with Crippen molar-refractivity contribution in [2.75, 3.05) is 6.54 Å². The molecule has 0 amide bonds. The number of terminal acetylenes is 1. The summed E-state index contributed by atoms with van der Waals surface area (Å²) in [6.45, 7) is 3.54. The highest BCUT2D eigenvalue weighted by Crippen LogP contribution is 2.22. The summed E-state index contributed by atoms with van der Waals surface area (Å²) in [5.74, 6) is 3.64. The third-order valence-electron chi connectivity index (χ3n) is 3.44. The van der Waals surface area contributed by atoms with E-state index in [9.17, 15) is 0 Å². The molecule has 0 bridgehead atoms. The second kappa shape index (κ2) is 7.77. The maximum absolute atomic E-state index is 5.22. The van der Waals surface area contributed by atoms with E-state index in [1.807, 2.05) is 0 Å². The minimum Gasteiger partial charge on any atom is -0.314 e. The Morgan fingerprint density at radius 2 is 2.07 bits per heavy atom. The molecule has 1 nitrogen and oxygen atoms in total. The first-order chi connectivity index (χ1) is 7.33. The van der Waals surface area contributed by atoms with Crippen LogP contribution in [0.3, 0.4) is 0 Å². The fourth-order valence-electron chi connectivity index (χ4n) is 2.35. The smallest absolute Gasteiger partial charge is 0.00865 e. The molecule has 2 atom stereocenters. The van der Waals surface area contributed by atoms with Crippen LogP contribution in [-0.2, 0) is 0 Å². The summed E-state index contributed by atoms with van der Waals surface area (Å²) in [7, 11) is 0. The summed E-state index contributed by atoms with van der Waals surface area (Å²) >= 11 is 0. The zero-order valence-corrected chi connectivity index (χ0v) is 10.1. The molecule has 1 heteroatoms. The molecule has 15 heavy (non-hydrogen) atoms. The lowest BCUT2D eigenvalue weighted by atomic mass is 10.0. The molecule has 1 rings (SSSR count). The molecule has 1 aliphatic rings. The van der Waals surface area contributed by atoms with Crippen LogP contribution in [-0.4, -0.2) is 12.6 Å². The maximum Gasteiger partial charge on any atom is 0.00865 e. The molecule has 1 fully saturated rings. The number of rotatable bonds is 5. The van der Waals surface area contributed by atoms with Gasteiger partial charge in [-0.3, -0.25) is 0 Å². The molecule has 2 unspecified atom stereocenters. The van der Waals surface area contributed by atoms with Gasteiger partial charge in [-0.1, -0.05) is 19.8 Å². The Balaban J connectivity index is 2.03. The van der Waals surface area contributed by atoms with Crippen molar-refractivity contribution in [1.82, 2.24) is 5.32 Å². The van der Waals surface area contributed by atoms with E-state index in [2.05, 4.69) is 18.2 Å². The monoisotopic (exact) mass is 207 g/mol. The zero-order chi connectivity index (χ0) is 10.9. The van der Waals surface area contributed by atoms with Crippen LogP contribution in [0.15, 0.2) is 0 Å². The quantitative estimate of drug-likeness (QED) is 0.414. The Morgan fingerprint density at radius 1 is 1.20 bits per heavy atom. The minimum atomic E-state index is 0.779. The molecular formula is C14H25N. The average molecular weight is 207 g/mol. The van der Waals surface area contributed by atoms with Gasteiger partial charge in [-0.2, -0.15) is 0 Å². The Bertz CT molecular complexity index is 192. The molecule has 0 radical (unpaired) electrons. The summed E-state index contributed by atoms with van der Waals surface area (Å²) in [5.41, 5.74) is 0. The van der Waals surface area contributed by atoms with Gasteiger partial charge in [0, 0.05) is 12.5 Å². The van der Waals surface area contributed by atoms with Gasteiger partial charge >= 0.3 is 0 Å². The van der Waals surface area contributed by atoms with Crippen LogP contribution in [0.5, 0.6) is 0 Å². The van der Waals surface area contributed by atoms with Crippen molar-refractivity contribution in [2.24, 2.45) is 5.92 Å². The third-order valence-corrected chi connectivity index (χ3v) is 3.44. The molecule has 0 saturated heterocycles. The first-order valence-electron chi connectivity index (χ1n) is 6.49. The Hall–Kier alpha value is -0.480. The maximum atomic E-state index is 5.22. The molecule has 1 N–H and O–H groups in total. The molecule has 0 aromatic heterocycles. The summed E-state index contributed by atoms with van der Waals surface area (Å²) in [4.78, 5) is 0. The van der Waals surface area contributed by atoms with Gasteiger partial charge in [0.2, 0.25) is 0 Å². The van der Waals surface area contributed by atoms with E-state index in [1.54, 1.807) is 0 Å². The zero-order valence-electron chi connectivity index (χ0n) is 10.1. The predicted octanol–water partition coefficient (Wildman–Crippen LogP) is 3.35. The van der Waals surface area contributed by atoms with Crippen LogP contribution < -0.4 is 5.32 Å². The normalized spacial score (nSPS) is 26.9. The molecule has 86 valence electrons. The summed E-state index contributed by atoms with van der Waals surface area (Å²) in [6, 6.07) is 0.779. The van der Waals surface area contributed by atoms with Crippen LogP contribution in [0.1, 0.15) is 58.3 Å². The van der Waals surface area contributed by atoms with Gasteiger partial charge in [0.25, 0.3) is 0 Å². The van der Waals surface area contributed by atoms with Crippen LogP contribution in [0.25, 0.3) is 0 Å². The molecule has 0 heterocycles. The minimum absolute atomic E-state index is 0.779. The van der Waals surface area contributed by atoms with Gasteiger partial charge in [0.05, 0.1) is 0 Å². The Kier molecular flexibility index (Phi) is 6.52. The van der Waals surface area contributed by atoms with Gasteiger partial charge < -0.3 is 5.32 Å². The standard InChI is InChI=1S/C14H25N/c1-3-4-5-6-12-15-14-9-7-8-13(2)10-11-14/h1,13-15H,4-12H2,2H3. The lowest BCUT2D eigenvalue weighted by Gasteiger charge is -2.15. The summed E-state index contributed by atoms with van der Waals surface area (Å²) in [6.07, 6.45) is 15.5. The van der Waals surface area contributed by atoms with Crippen molar-refractivity contribution in [3.63, 3.8) is 0 Å². The summed E-state index contributed by atoms with van der Waals surface area (Å²) < 4.78 is 0. The molecular weight excluding hydrogens is 182 g/mol. The van der Waals surface area contributed by atoms with Gasteiger partial charge in [-0.05, 0) is 44.6 Å². The van der Waals surface area contributed by atoms with Crippen molar-refractivity contribution < 1.29 is 0 Å². The van der Waals surface area contributed by atoms with Crippen molar-refractivity contribution in [3.8, 4) is 12.3 Å². The predicted molar refractivity (Wildman–Crippen MR) is 66.7 cm³/mol. The largest absolute Gasteiger partial charge is 0.314 e. The van der Waals surface area contributed by atoms with E-state index in [0.717, 1.165) is 24.9 Å². The van der Waals surface area contributed by atoms with Crippen LogP contribution in [0, 0.1) is 18.3 Å². The van der Waals surface area contributed by atoms with E-state index < -0.39 is 0 Å². The summed E-state index contributed by atoms with van der Waals surface area (Å²) in [5, 5.41) is 3.67. The van der Waals surface area contributed by atoms with Gasteiger partial charge in [0.15, 0.2) is 0 Å². The highest BCUT2D eigenvalue weighted by molar-refractivity contribution is 4.83. The highest BCUT2D eigenvalue weighted by Gasteiger charge is 2.14. The van der Waals surface area contributed by atoms with Crippen LogP contribution in [0.2, 0.25) is 0 Å². The van der Waals surface area contributed by atoms with Crippen LogP contribution >= 0.6 is 0 Å². The van der Waals surface area contributed by atoms with E-state index in [4.69, 9.17) is 6.42 Å². The molecule has 1 aliphatic carbocycles. The van der Waals surface area contributed by atoms with Gasteiger partial charge in [-0.15, -0.1) is 12.3 Å².